The van der Waals surface area contributed by atoms with E-state index in [4.69, 9.17) is 11.6 Å². The van der Waals surface area contributed by atoms with Crippen molar-refractivity contribution >= 4 is 38.9 Å². The summed E-state index contributed by atoms with van der Waals surface area (Å²) >= 11 is 6.28. The van der Waals surface area contributed by atoms with Crippen LogP contribution in [0, 0.1) is 13.8 Å². The largest absolute Gasteiger partial charge is 0.416 e. The third-order valence-corrected chi connectivity index (χ3v) is 8.70. The van der Waals surface area contributed by atoms with Crippen LogP contribution in [0.4, 0.5) is 24.5 Å². The molecule has 3 aromatic carbocycles. The van der Waals surface area contributed by atoms with Crippen LogP contribution in [0.15, 0.2) is 71.6 Å². The van der Waals surface area contributed by atoms with Gasteiger partial charge in [0.25, 0.3) is 10.0 Å². The number of amides is 1. The number of aryl methyl sites for hydroxylation is 2. The summed E-state index contributed by atoms with van der Waals surface area (Å²) in [5.41, 5.74) is 1.60. The maximum atomic E-state index is 13.6. The number of hydrogen-bond acceptors (Lipinski definition) is 4. The van der Waals surface area contributed by atoms with Gasteiger partial charge in [0.05, 0.1) is 16.1 Å². The fourth-order valence-corrected chi connectivity index (χ4v) is 5.79. The van der Waals surface area contributed by atoms with Gasteiger partial charge >= 0.3 is 6.18 Å². The minimum absolute atomic E-state index is 0.0435. The fourth-order valence-electron chi connectivity index (χ4n) is 4.21. The Morgan fingerprint density at radius 1 is 0.947 bits per heavy atom. The predicted molar refractivity (Wildman–Crippen MR) is 142 cm³/mol. The van der Waals surface area contributed by atoms with Gasteiger partial charge in [0.15, 0.2) is 0 Å². The van der Waals surface area contributed by atoms with Crippen LogP contribution in [0.5, 0.6) is 0 Å². The highest BCUT2D eigenvalue weighted by Gasteiger charge is 2.33. The van der Waals surface area contributed by atoms with Gasteiger partial charge in [-0.2, -0.15) is 13.2 Å². The number of rotatable bonds is 6. The van der Waals surface area contributed by atoms with E-state index in [1.165, 1.54) is 29.2 Å². The van der Waals surface area contributed by atoms with Crippen molar-refractivity contribution in [3.63, 3.8) is 0 Å². The molecule has 4 rings (SSSR count). The van der Waals surface area contributed by atoms with E-state index >= 15 is 0 Å². The van der Waals surface area contributed by atoms with Crippen molar-refractivity contribution in [2.24, 2.45) is 0 Å². The molecular weight excluding hydrogens is 539 g/mol. The summed E-state index contributed by atoms with van der Waals surface area (Å²) < 4.78 is 67.6. The Labute approximate surface area is 225 Å². The number of hydrogen-bond donors (Lipinski definition) is 0. The number of alkyl halides is 3. The molecule has 0 spiro atoms. The lowest BCUT2D eigenvalue weighted by atomic mass is 10.1. The van der Waals surface area contributed by atoms with Gasteiger partial charge in [-0.3, -0.25) is 9.10 Å². The molecule has 1 aliphatic heterocycles. The number of carbonyl (C=O) groups is 1. The molecule has 1 amide bonds. The molecular formula is C27H27ClF3N3O3S. The Kier molecular flexibility index (Phi) is 7.94. The summed E-state index contributed by atoms with van der Waals surface area (Å²) in [5, 5.41) is 0.369. The second-order valence-corrected chi connectivity index (χ2v) is 11.4. The molecule has 11 heteroatoms. The smallest absolute Gasteiger partial charge is 0.368 e. The SMILES string of the molecule is Cc1ccc(S(=O)(=O)N(CC(=O)N2CCN(c3cccc(C(F)(F)F)c3)CC2)c2ccc(C)c(Cl)c2)cc1. The van der Waals surface area contributed by atoms with Crippen LogP contribution >= 0.6 is 11.6 Å². The zero-order chi connectivity index (χ0) is 27.7. The van der Waals surface area contributed by atoms with Crippen LogP contribution < -0.4 is 9.21 Å². The number of nitrogens with zero attached hydrogens (tertiary/aromatic N) is 3. The van der Waals surface area contributed by atoms with Crippen molar-refractivity contribution in [3.05, 3.63) is 88.4 Å². The predicted octanol–water partition coefficient (Wildman–Crippen LogP) is 5.52. The highest BCUT2D eigenvalue weighted by Crippen LogP contribution is 2.32. The first-order valence-electron chi connectivity index (χ1n) is 11.9. The Hall–Kier alpha value is -3.24. The van der Waals surface area contributed by atoms with Crippen molar-refractivity contribution < 1.29 is 26.4 Å². The van der Waals surface area contributed by atoms with Crippen LogP contribution in [-0.2, 0) is 21.0 Å². The Morgan fingerprint density at radius 3 is 2.21 bits per heavy atom. The molecule has 6 nitrogen and oxygen atoms in total. The van der Waals surface area contributed by atoms with Crippen molar-refractivity contribution in [1.82, 2.24) is 4.90 Å². The van der Waals surface area contributed by atoms with Crippen LogP contribution in [0.2, 0.25) is 5.02 Å². The number of halogens is 4. The average Bonchev–Trinajstić information content (AvgIpc) is 2.88. The first-order chi connectivity index (χ1) is 17.9. The molecule has 0 atom stereocenters. The maximum absolute atomic E-state index is 13.6. The molecule has 0 N–H and O–H groups in total. The van der Waals surface area contributed by atoms with Crippen molar-refractivity contribution in [2.45, 2.75) is 24.9 Å². The van der Waals surface area contributed by atoms with Gasteiger partial charge in [0.2, 0.25) is 5.91 Å². The summed E-state index contributed by atoms with van der Waals surface area (Å²) in [6.45, 7) is 4.29. The number of carbonyl (C=O) groups excluding carboxylic acids is 1. The molecule has 1 saturated heterocycles. The third-order valence-electron chi connectivity index (χ3n) is 6.50. The molecule has 0 saturated carbocycles. The zero-order valence-corrected chi connectivity index (χ0v) is 22.4. The van der Waals surface area contributed by atoms with Gasteiger partial charge in [0, 0.05) is 36.9 Å². The van der Waals surface area contributed by atoms with E-state index in [2.05, 4.69) is 0 Å². The fraction of sp³-hybridized carbons (Fsp3) is 0.296. The minimum Gasteiger partial charge on any atom is -0.368 e. The van der Waals surface area contributed by atoms with Gasteiger partial charge in [-0.1, -0.05) is 41.4 Å². The summed E-state index contributed by atoms with van der Waals surface area (Å²) in [5.74, 6) is -0.416. The molecule has 202 valence electrons. The minimum atomic E-state index is -4.45. The molecule has 3 aromatic rings. The van der Waals surface area contributed by atoms with Crippen molar-refractivity contribution in [2.75, 3.05) is 41.9 Å². The number of piperazine rings is 1. The maximum Gasteiger partial charge on any atom is 0.416 e. The molecule has 0 bridgehead atoms. The molecule has 0 unspecified atom stereocenters. The van der Waals surface area contributed by atoms with E-state index < -0.39 is 34.2 Å². The molecule has 0 radical (unpaired) electrons. The van der Waals surface area contributed by atoms with E-state index in [1.807, 2.05) is 6.92 Å². The highest BCUT2D eigenvalue weighted by atomic mass is 35.5. The molecule has 1 fully saturated rings. The van der Waals surface area contributed by atoms with Gasteiger partial charge < -0.3 is 9.80 Å². The Bertz CT molecular complexity index is 1420. The lowest BCUT2D eigenvalue weighted by Gasteiger charge is -2.37. The second-order valence-electron chi connectivity index (χ2n) is 9.17. The quantitative estimate of drug-likeness (QED) is 0.395. The van der Waals surface area contributed by atoms with E-state index in [0.29, 0.717) is 23.8 Å². The van der Waals surface area contributed by atoms with E-state index in [-0.39, 0.29) is 23.7 Å². The third kappa shape index (κ3) is 6.07. The molecule has 0 aromatic heterocycles. The van der Waals surface area contributed by atoms with Crippen LogP contribution in [0.25, 0.3) is 0 Å². The number of sulfonamides is 1. The first-order valence-corrected chi connectivity index (χ1v) is 13.7. The number of benzene rings is 3. The van der Waals surface area contributed by atoms with Gasteiger partial charge in [-0.05, 0) is 61.9 Å². The molecule has 0 aliphatic carbocycles. The summed E-state index contributed by atoms with van der Waals surface area (Å²) in [6.07, 6.45) is -4.45. The summed E-state index contributed by atoms with van der Waals surface area (Å²) in [4.78, 5) is 16.7. The lowest BCUT2D eigenvalue weighted by molar-refractivity contribution is -0.137. The number of anilines is 2. The zero-order valence-electron chi connectivity index (χ0n) is 20.9. The molecule has 1 heterocycles. The Balaban J connectivity index is 1.53. The monoisotopic (exact) mass is 565 g/mol. The van der Waals surface area contributed by atoms with E-state index in [9.17, 15) is 26.4 Å². The summed E-state index contributed by atoms with van der Waals surface area (Å²) in [6, 6.07) is 16.2. The molecule has 1 aliphatic rings. The normalized spacial score (nSPS) is 14.5. The first kappa shape index (κ1) is 27.8. The van der Waals surface area contributed by atoms with Gasteiger partial charge in [-0.25, -0.2) is 8.42 Å². The van der Waals surface area contributed by atoms with Gasteiger partial charge in [0.1, 0.15) is 6.54 Å². The van der Waals surface area contributed by atoms with E-state index in [0.717, 1.165) is 27.6 Å². The topological polar surface area (TPSA) is 60.9 Å². The standard InChI is InChI=1S/C27H27ClF3N3O3S/c1-19-6-10-24(11-7-19)38(36,37)34(23-9-8-20(2)25(28)17-23)18-26(35)33-14-12-32(13-15-33)22-5-3-4-21(16-22)27(29,30)31/h3-11,16-17H,12-15,18H2,1-2H3. The lowest BCUT2D eigenvalue weighted by Crippen LogP contribution is -2.52. The second kappa shape index (κ2) is 10.9. The van der Waals surface area contributed by atoms with Gasteiger partial charge in [-0.15, -0.1) is 0 Å². The van der Waals surface area contributed by atoms with Crippen molar-refractivity contribution in [3.8, 4) is 0 Å². The highest BCUT2D eigenvalue weighted by molar-refractivity contribution is 7.92. The van der Waals surface area contributed by atoms with E-state index in [1.54, 1.807) is 42.2 Å². The average molecular weight is 566 g/mol. The van der Waals surface area contributed by atoms with Crippen LogP contribution in [0.3, 0.4) is 0 Å². The van der Waals surface area contributed by atoms with Crippen molar-refractivity contribution in [1.29, 1.82) is 0 Å². The Morgan fingerprint density at radius 2 is 1.61 bits per heavy atom. The summed E-state index contributed by atoms with van der Waals surface area (Å²) in [7, 11) is -4.10. The van der Waals surface area contributed by atoms with Crippen LogP contribution in [-0.4, -0.2) is 51.9 Å². The molecule has 38 heavy (non-hydrogen) atoms. The van der Waals surface area contributed by atoms with Crippen LogP contribution in [0.1, 0.15) is 16.7 Å².